The summed E-state index contributed by atoms with van der Waals surface area (Å²) in [6.07, 6.45) is 4.86. The van der Waals surface area contributed by atoms with Gasteiger partial charge in [0.2, 0.25) is 0 Å². The van der Waals surface area contributed by atoms with Gasteiger partial charge in [0, 0.05) is 24.9 Å². The van der Waals surface area contributed by atoms with Gasteiger partial charge < -0.3 is 15.5 Å². The predicted molar refractivity (Wildman–Crippen MR) is 69.3 cm³/mol. The third-order valence-corrected chi connectivity index (χ3v) is 2.96. The zero-order chi connectivity index (χ0) is 12.4. The Bertz CT molecular complexity index is 520. The van der Waals surface area contributed by atoms with Gasteiger partial charge in [0.1, 0.15) is 23.2 Å². The van der Waals surface area contributed by atoms with Crippen LogP contribution in [0.5, 0.6) is 0 Å². The second-order valence-corrected chi connectivity index (χ2v) is 4.57. The van der Waals surface area contributed by atoms with Gasteiger partial charge >= 0.3 is 0 Å². The molecule has 0 unspecified atom stereocenters. The maximum Gasteiger partial charge on any atom is 0.136 e. The van der Waals surface area contributed by atoms with Gasteiger partial charge in [0.25, 0.3) is 0 Å². The Hall–Kier alpha value is -2.04. The molecule has 3 rings (SSSR count). The number of anilines is 2. The smallest absolute Gasteiger partial charge is 0.136 e. The van der Waals surface area contributed by atoms with Gasteiger partial charge in [-0.2, -0.15) is 0 Å². The number of rotatable bonds is 5. The van der Waals surface area contributed by atoms with E-state index in [1.807, 2.05) is 12.1 Å². The quantitative estimate of drug-likeness (QED) is 0.843. The van der Waals surface area contributed by atoms with Crippen LogP contribution in [0.3, 0.4) is 0 Å². The Morgan fingerprint density at radius 1 is 1.39 bits per heavy atom. The first-order chi connectivity index (χ1) is 8.81. The standard InChI is InChI=1S/C13H16N4O/c14-11-8-12(17-13(16-11)9-3-4-9)15-6-5-10-2-1-7-18-10/h1-2,7-9H,3-6H2,(H3,14,15,16,17). The molecule has 0 atom stereocenters. The van der Waals surface area contributed by atoms with E-state index >= 15 is 0 Å². The number of nitrogens with zero attached hydrogens (tertiary/aromatic N) is 2. The topological polar surface area (TPSA) is 77.0 Å². The van der Waals surface area contributed by atoms with Crippen molar-refractivity contribution in [2.45, 2.75) is 25.2 Å². The lowest BCUT2D eigenvalue weighted by Gasteiger charge is -2.07. The van der Waals surface area contributed by atoms with Crippen molar-refractivity contribution in [3.63, 3.8) is 0 Å². The molecule has 3 N–H and O–H groups in total. The van der Waals surface area contributed by atoms with Crippen molar-refractivity contribution in [2.75, 3.05) is 17.6 Å². The fourth-order valence-electron chi connectivity index (χ4n) is 1.87. The molecule has 0 radical (unpaired) electrons. The van der Waals surface area contributed by atoms with Crippen molar-refractivity contribution >= 4 is 11.6 Å². The summed E-state index contributed by atoms with van der Waals surface area (Å²) in [7, 11) is 0. The Labute approximate surface area is 105 Å². The first kappa shape index (κ1) is 11.1. The van der Waals surface area contributed by atoms with Crippen molar-refractivity contribution in [1.29, 1.82) is 0 Å². The molecule has 2 heterocycles. The Balaban J connectivity index is 1.61. The predicted octanol–water partition coefficient (Wildman–Crippen LogP) is 2.18. The molecule has 2 aromatic heterocycles. The summed E-state index contributed by atoms with van der Waals surface area (Å²) in [5, 5.41) is 3.26. The maximum atomic E-state index is 5.78. The molecule has 5 nitrogen and oxygen atoms in total. The van der Waals surface area contributed by atoms with Crippen LogP contribution in [0.15, 0.2) is 28.9 Å². The van der Waals surface area contributed by atoms with Crippen molar-refractivity contribution in [2.24, 2.45) is 0 Å². The van der Waals surface area contributed by atoms with Crippen molar-refractivity contribution in [3.05, 3.63) is 36.0 Å². The molecule has 1 saturated carbocycles. The number of nitrogens with one attached hydrogen (secondary N) is 1. The number of nitrogen functional groups attached to an aromatic ring is 1. The van der Waals surface area contributed by atoms with Crippen molar-refractivity contribution in [3.8, 4) is 0 Å². The average molecular weight is 244 g/mol. The number of nitrogens with two attached hydrogens (primary N) is 1. The van der Waals surface area contributed by atoms with Gasteiger partial charge in [-0.25, -0.2) is 9.97 Å². The SMILES string of the molecule is Nc1cc(NCCc2ccco2)nc(C2CC2)n1. The van der Waals surface area contributed by atoms with Crippen LogP contribution in [0.4, 0.5) is 11.6 Å². The average Bonchev–Trinajstić information content (AvgIpc) is 3.08. The van der Waals surface area contributed by atoms with Crippen LogP contribution >= 0.6 is 0 Å². The second-order valence-electron chi connectivity index (χ2n) is 4.57. The van der Waals surface area contributed by atoms with Gasteiger partial charge in [-0.05, 0) is 25.0 Å². The van der Waals surface area contributed by atoms with Gasteiger partial charge in [-0.15, -0.1) is 0 Å². The van der Waals surface area contributed by atoms with E-state index in [2.05, 4.69) is 15.3 Å². The number of aromatic nitrogens is 2. The molecule has 2 aromatic rings. The molecule has 5 heteroatoms. The minimum atomic E-state index is 0.513. The van der Waals surface area contributed by atoms with Gasteiger partial charge in [0.15, 0.2) is 0 Å². The highest BCUT2D eigenvalue weighted by atomic mass is 16.3. The Morgan fingerprint density at radius 2 is 2.28 bits per heavy atom. The van der Waals surface area contributed by atoms with E-state index in [9.17, 15) is 0 Å². The summed E-state index contributed by atoms with van der Waals surface area (Å²) < 4.78 is 5.27. The largest absolute Gasteiger partial charge is 0.469 e. The Morgan fingerprint density at radius 3 is 3.00 bits per heavy atom. The molecule has 0 spiro atoms. The van der Waals surface area contributed by atoms with Crippen LogP contribution in [0.1, 0.15) is 30.3 Å². The highest BCUT2D eigenvalue weighted by Gasteiger charge is 2.27. The summed E-state index contributed by atoms with van der Waals surface area (Å²) in [4.78, 5) is 8.74. The number of hydrogen-bond donors (Lipinski definition) is 2. The summed E-state index contributed by atoms with van der Waals surface area (Å²) >= 11 is 0. The summed E-state index contributed by atoms with van der Waals surface area (Å²) in [5.74, 6) is 3.69. The lowest BCUT2D eigenvalue weighted by atomic mass is 10.3. The van der Waals surface area contributed by atoms with E-state index in [0.717, 1.165) is 30.4 Å². The third kappa shape index (κ3) is 2.61. The summed E-state index contributed by atoms with van der Waals surface area (Å²) in [6.45, 7) is 0.772. The molecule has 0 amide bonds. The molecular formula is C13H16N4O. The van der Waals surface area contributed by atoms with Crippen LogP contribution in [0.25, 0.3) is 0 Å². The lowest BCUT2D eigenvalue weighted by Crippen LogP contribution is -2.08. The first-order valence-corrected chi connectivity index (χ1v) is 6.22. The highest BCUT2D eigenvalue weighted by Crippen LogP contribution is 2.38. The van der Waals surface area contributed by atoms with E-state index < -0.39 is 0 Å². The second kappa shape index (κ2) is 4.68. The van der Waals surface area contributed by atoms with Crippen molar-refractivity contribution < 1.29 is 4.42 Å². The molecule has 18 heavy (non-hydrogen) atoms. The molecule has 94 valence electrons. The van der Waals surface area contributed by atoms with Gasteiger partial charge in [-0.1, -0.05) is 0 Å². The third-order valence-electron chi connectivity index (χ3n) is 2.96. The Kier molecular flexibility index (Phi) is 2.88. The minimum Gasteiger partial charge on any atom is -0.469 e. The minimum absolute atomic E-state index is 0.513. The summed E-state index contributed by atoms with van der Waals surface area (Å²) in [5.41, 5.74) is 5.78. The van der Waals surface area contributed by atoms with Crippen LogP contribution in [0.2, 0.25) is 0 Å². The lowest BCUT2D eigenvalue weighted by molar-refractivity contribution is 0.513. The van der Waals surface area contributed by atoms with Gasteiger partial charge in [0.05, 0.1) is 6.26 Å². The maximum absolute atomic E-state index is 5.78. The molecule has 1 aliphatic rings. The fourth-order valence-corrected chi connectivity index (χ4v) is 1.87. The van der Waals surface area contributed by atoms with Crippen LogP contribution < -0.4 is 11.1 Å². The highest BCUT2D eigenvalue weighted by molar-refractivity contribution is 5.45. The van der Waals surface area contributed by atoms with E-state index in [4.69, 9.17) is 10.2 Å². The summed E-state index contributed by atoms with van der Waals surface area (Å²) in [6, 6.07) is 5.63. The number of hydrogen-bond acceptors (Lipinski definition) is 5. The van der Waals surface area contributed by atoms with Crippen LogP contribution in [0, 0.1) is 0 Å². The molecule has 0 aliphatic heterocycles. The zero-order valence-corrected chi connectivity index (χ0v) is 10.1. The number of furan rings is 1. The molecule has 1 fully saturated rings. The van der Waals surface area contributed by atoms with E-state index in [-0.39, 0.29) is 0 Å². The molecule has 0 aromatic carbocycles. The van der Waals surface area contributed by atoms with Crippen molar-refractivity contribution in [1.82, 2.24) is 9.97 Å². The molecule has 0 saturated heterocycles. The molecule has 0 bridgehead atoms. The fraction of sp³-hybridized carbons (Fsp3) is 0.385. The zero-order valence-electron chi connectivity index (χ0n) is 10.1. The van der Waals surface area contributed by atoms with Gasteiger partial charge in [-0.3, -0.25) is 0 Å². The van der Waals surface area contributed by atoms with E-state index in [1.54, 1.807) is 12.3 Å². The molecular weight excluding hydrogens is 228 g/mol. The first-order valence-electron chi connectivity index (χ1n) is 6.22. The van der Waals surface area contributed by atoms with Crippen LogP contribution in [-0.2, 0) is 6.42 Å². The normalized spacial score (nSPS) is 14.7. The van der Waals surface area contributed by atoms with E-state index in [0.29, 0.717) is 11.7 Å². The van der Waals surface area contributed by atoms with E-state index in [1.165, 1.54) is 12.8 Å². The van der Waals surface area contributed by atoms with Crippen LogP contribution in [-0.4, -0.2) is 16.5 Å². The molecule has 1 aliphatic carbocycles. The monoisotopic (exact) mass is 244 g/mol.